The Hall–Kier alpha value is -1.88. The molecule has 0 aliphatic heterocycles. The van der Waals surface area contributed by atoms with Crippen LogP contribution < -0.4 is 10.1 Å². The molecule has 0 atom stereocenters. The van der Waals surface area contributed by atoms with Gasteiger partial charge >= 0.3 is 0 Å². The first kappa shape index (κ1) is 13.5. The van der Waals surface area contributed by atoms with Crippen molar-refractivity contribution in [2.24, 2.45) is 7.05 Å². The zero-order valence-electron chi connectivity index (χ0n) is 11.2. The zero-order valence-corrected chi connectivity index (χ0v) is 11.2. The average molecular weight is 263 g/mol. The van der Waals surface area contributed by atoms with Gasteiger partial charge in [-0.1, -0.05) is 6.07 Å². The lowest BCUT2D eigenvalue weighted by Crippen LogP contribution is -2.18. The quantitative estimate of drug-likeness (QED) is 0.809. The first-order chi connectivity index (χ1) is 9.20. The second kappa shape index (κ2) is 6.33. The molecular formula is C14H18FN3O. The van der Waals surface area contributed by atoms with E-state index in [-0.39, 0.29) is 5.82 Å². The van der Waals surface area contributed by atoms with E-state index in [4.69, 9.17) is 4.74 Å². The number of rotatable bonds is 6. The van der Waals surface area contributed by atoms with E-state index in [2.05, 4.69) is 10.4 Å². The predicted molar refractivity (Wildman–Crippen MR) is 71.6 cm³/mol. The Bertz CT molecular complexity index is 539. The summed E-state index contributed by atoms with van der Waals surface area (Å²) in [4.78, 5) is 0. The number of hydrogen-bond acceptors (Lipinski definition) is 3. The largest absolute Gasteiger partial charge is 0.497 e. The van der Waals surface area contributed by atoms with Gasteiger partial charge in [-0.25, -0.2) is 4.39 Å². The first-order valence-electron chi connectivity index (χ1n) is 6.20. The van der Waals surface area contributed by atoms with E-state index in [9.17, 15) is 4.39 Å². The monoisotopic (exact) mass is 263 g/mol. The Morgan fingerprint density at radius 1 is 1.37 bits per heavy atom. The van der Waals surface area contributed by atoms with Crippen LogP contribution in [0.25, 0.3) is 0 Å². The number of aryl methyl sites for hydroxylation is 1. The number of ether oxygens (including phenoxy) is 1. The molecule has 0 aliphatic rings. The van der Waals surface area contributed by atoms with E-state index in [0.29, 0.717) is 17.9 Å². The van der Waals surface area contributed by atoms with E-state index >= 15 is 0 Å². The van der Waals surface area contributed by atoms with Gasteiger partial charge in [0.25, 0.3) is 0 Å². The van der Waals surface area contributed by atoms with Crippen LogP contribution in [0.4, 0.5) is 4.39 Å². The number of nitrogens with one attached hydrogen (secondary N) is 1. The zero-order chi connectivity index (χ0) is 13.7. The minimum atomic E-state index is -0.243. The molecule has 4 nitrogen and oxygen atoms in total. The molecule has 5 heteroatoms. The number of methoxy groups -OCH3 is 1. The Labute approximate surface area is 112 Å². The molecule has 1 heterocycles. The lowest BCUT2D eigenvalue weighted by Gasteiger charge is -2.07. The van der Waals surface area contributed by atoms with Crippen molar-refractivity contribution in [1.29, 1.82) is 0 Å². The highest BCUT2D eigenvalue weighted by Gasteiger charge is 2.04. The summed E-state index contributed by atoms with van der Waals surface area (Å²) in [7, 11) is 3.44. The lowest BCUT2D eigenvalue weighted by molar-refractivity contribution is 0.410. The van der Waals surface area contributed by atoms with Crippen LogP contribution in [0.5, 0.6) is 5.75 Å². The highest BCUT2D eigenvalue weighted by atomic mass is 19.1. The summed E-state index contributed by atoms with van der Waals surface area (Å²) in [5, 5.41) is 7.33. The van der Waals surface area contributed by atoms with Gasteiger partial charge in [-0.15, -0.1) is 0 Å². The molecule has 0 aliphatic carbocycles. The molecule has 1 aromatic heterocycles. The van der Waals surface area contributed by atoms with Crippen LogP contribution in [0, 0.1) is 5.82 Å². The van der Waals surface area contributed by atoms with Crippen LogP contribution >= 0.6 is 0 Å². The summed E-state index contributed by atoms with van der Waals surface area (Å²) in [6.07, 6.45) is 2.65. The number of aromatic nitrogens is 2. The Morgan fingerprint density at radius 2 is 2.21 bits per heavy atom. The van der Waals surface area contributed by atoms with Crippen molar-refractivity contribution in [2.75, 3.05) is 13.7 Å². The van der Waals surface area contributed by atoms with Crippen molar-refractivity contribution in [3.63, 3.8) is 0 Å². The standard InChI is InChI=1S/C14H18FN3O/c1-18-12(6-8-17-18)5-7-16-10-11-3-4-13(19-2)9-14(11)15/h3-4,6,8-9,16H,5,7,10H2,1-2H3. The smallest absolute Gasteiger partial charge is 0.131 e. The molecule has 1 N–H and O–H groups in total. The fraction of sp³-hybridized carbons (Fsp3) is 0.357. The molecule has 1 aromatic carbocycles. The highest BCUT2D eigenvalue weighted by molar-refractivity contribution is 5.28. The normalized spacial score (nSPS) is 10.7. The van der Waals surface area contributed by atoms with Gasteiger partial charge < -0.3 is 10.1 Å². The van der Waals surface area contributed by atoms with Crippen molar-refractivity contribution >= 4 is 0 Å². The van der Waals surface area contributed by atoms with Gasteiger partial charge in [0.2, 0.25) is 0 Å². The molecule has 0 saturated carbocycles. The minimum Gasteiger partial charge on any atom is -0.497 e. The van der Waals surface area contributed by atoms with Crippen molar-refractivity contribution in [3.8, 4) is 5.75 Å². The Kier molecular flexibility index (Phi) is 4.52. The SMILES string of the molecule is COc1ccc(CNCCc2ccnn2C)c(F)c1. The van der Waals surface area contributed by atoms with Gasteiger partial charge in [0.05, 0.1) is 7.11 Å². The fourth-order valence-corrected chi connectivity index (χ4v) is 1.88. The van der Waals surface area contributed by atoms with Gasteiger partial charge in [0.1, 0.15) is 11.6 Å². The molecule has 0 amide bonds. The molecule has 0 fully saturated rings. The summed E-state index contributed by atoms with van der Waals surface area (Å²) >= 11 is 0. The van der Waals surface area contributed by atoms with Gasteiger partial charge in [0.15, 0.2) is 0 Å². The fourth-order valence-electron chi connectivity index (χ4n) is 1.88. The Balaban J connectivity index is 1.81. The summed E-state index contributed by atoms with van der Waals surface area (Å²) in [6, 6.07) is 6.89. The Morgan fingerprint density at radius 3 is 2.84 bits per heavy atom. The van der Waals surface area contributed by atoms with Gasteiger partial charge in [-0.2, -0.15) is 5.10 Å². The molecule has 0 saturated heterocycles. The third-order valence-corrected chi connectivity index (χ3v) is 3.06. The van der Waals surface area contributed by atoms with E-state index in [1.807, 2.05) is 17.8 Å². The second-order valence-electron chi connectivity index (χ2n) is 4.33. The third-order valence-electron chi connectivity index (χ3n) is 3.06. The average Bonchev–Trinajstić information content (AvgIpc) is 2.81. The number of halogens is 1. The molecular weight excluding hydrogens is 245 g/mol. The van der Waals surface area contributed by atoms with Gasteiger partial charge in [-0.05, 0) is 12.1 Å². The molecule has 0 spiro atoms. The minimum absolute atomic E-state index is 0.243. The molecule has 2 aromatic rings. The van der Waals surface area contributed by atoms with Gasteiger partial charge in [0, 0.05) is 50.1 Å². The molecule has 2 rings (SSSR count). The third kappa shape index (κ3) is 3.54. The summed E-state index contributed by atoms with van der Waals surface area (Å²) in [5.41, 5.74) is 1.80. The molecule has 0 unspecified atom stereocenters. The maximum atomic E-state index is 13.7. The molecule has 102 valence electrons. The summed E-state index contributed by atoms with van der Waals surface area (Å²) in [6.45, 7) is 1.29. The maximum absolute atomic E-state index is 13.7. The van der Waals surface area contributed by atoms with Crippen LogP contribution in [-0.2, 0) is 20.0 Å². The van der Waals surface area contributed by atoms with E-state index in [1.165, 1.54) is 13.2 Å². The number of benzene rings is 1. The first-order valence-corrected chi connectivity index (χ1v) is 6.20. The molecule has 0 radical (unpaired) electrons. The van der Waals surface area contributed by atoms with Crippen molar-refractivity contribution in [1.82, 2.24) is 15.1 Å². The van der Waals surface area contributed by atoms with Crippen LogP contribution in [0.15, 0.2) is 30.5 Å². The molecule has 0 bridgehead atoms. The predicted octanol–water partition coefficient (Wildman–Crippen LogP) is 1.90. The van der Waals surface area contributed by atoms with E-state index in [1.54, 1.807) is 18.3 Å². The van der Waals surface area contributed by atoms with Gasteiger partial charge in [-0.3, -0.25) is 4.68 Å². The molecule has 19 heavy (non-hydrogen) atoms. The lowest BCUT2D eigenvalue weighted by atomic mass is 10.2. The van der Waals surface area contributed by atoms with Crippen LogP contribution in [-0.4, -0.2) is 23.4 Å². The van der Waals surface area contributed by atoms with Crippen LogP contribution in [0.2, 0.25) is 0 Å². The number of nitrogens with zero attached hydrogens (tertiary/aromatic N) is 2. The topological polar surface area (TPSA) is 39.1 Å². The summed E-state index contributed by atoms with van der Waals surface area (Å²) in [5.74, 6) is 0.295. The van der Waals surface area contributed by atoms with Crippen molar-refractivity contribution in [3.05, 3.63) is 47.5 Å². The maximum Gasteiger partial charge on any atom is 0.131 e. The summed E-state index contributed by atoms with van der Waals surface area (Å²) < 4.78 is 20.5. The van der Waals surface area contributed by atoms with E-state index in [0.717, 1.165) is 18.7 Å². The van der Waals surface area contributed by atoms with E-state index < -0.39 is 0 Å². The van der Waals surface area contributed by atoms with Crippen LogP contribution in [0.3, 0.4) is 0 Å². The van der Waals surface area contributed by atoms with Crippen molar-refractivity contribution in [2.45, 2.75) is 13.0 Å². The van der Waals surface area contributed by atoms with Crippen molar-refractivity contribution < 1.29 is 9.13 Å². The number of hydrogen-bond donors (Lipinski definition) is 1. The highest BCUT2D eigenvalue weighted by Crippen LogP contribution is 2.15. The second-order valence-corrected chi connectivity index (χ2v) is 4.33. The van der Waals surface area contributed by atoms with Crippen LogP contribution in [0.1, 0.15) is 11.3 Å².